The van der Waals surface area contributed by atoms with Crippen molar-refractivity contribution in [3.8, 4) is 5.75 Å². The number of methoxy groups -OCH3 is 1. The molecule has 1 N–H and O–H groups in total. The molecule has 1 unspecified atom stereocenters. The highest BCUT2D eigenvalue weighted by Crippen LogP contribution is 2.39. The van der Waals surface area contributed by atoms with Gasteiger partial charge >= 0.3 is 12.1 Å². The first-order valence-corrected chi connectivity index (χ1v) is 10.1. The largest absolute Gasteiger partial charge is 0.495 e. The summed E-state index contributed by atoms with van der Waals surface area (Å²) in [4.78, 5) is 26.5. The van der Waals surface area contributed by atoms with Crippen LogP contribution in [-0.2, 0) is 9.59 Å². The van der Waals surface area contributed by atoms with E-state index in [0.29, 0.717) is 9.78 Å². The van der Waals surface area contributed by atoms with Gasteiger partial charge in [-0.15, -0.1) is 11.3 Å². The molecule has 0 saturated heterocycles. The number of benzene rings is 1. The number of nitrogens with zero attached hydrogens (tertiary/aromatic N) is 1. The molecular formula is C20H21F3N2O3S. The number of anilines is 1. The summed E-state index contributed by atoms with van der Waals surface area (Å²) in [5.41, 5.74) is -0.114. The number of alkyl halides is 3. The molecular weight excluding hydrogens is 405 g/mol. The van der Waals surface area contributed by atoms with Crippen LogP contribution in [0.1, 0.15) is 36.6 Å². The quantitative estimate of drug-likeness (QED) is 0.742. The van der Waals surface area contributed by atoms with E-state index in [2.05, 4.69) is 5.32 Å². The average molecular weight is 426 g/mol. The molecule has 1 fully saturated rings. The van der Waals surface area contributed by atoms with E-state index in [9.17, 15) is 22.8 Å². The van der Waals surface area contributed by atoms with Crippen molar-refractivity contribution in [3.05, 3.63) is 46.7 Å². The molecule has 29 heavy (non-hydrogen) atoms. The SMILES string of the molecule is COc1ccccc1N(C(=O)C(F)(F)F)C(C(=O)NC1CCCC1)c1cccs1. The fourth-order valence-corrected chi connectivity index (χ4v) is 4.31. The first-order chi connectivity index (χ1) is 13.8. The summed E-state index contributed by atoms with van der Waals surface area (Å²) in [6, 6.07) is 7.49. The van der Waals surface area contributed by atoms with E-state index in [1.165, 1.54) is 25.3 Å². The maximum atomic E-state index is 13.5. The van der Waals surface area contributed by atoms with Crippen molar-refractivity contribution in [2.24, 2.45) is 0 Å². The van der Waals surface area contributed by atoms with E-state index < -0.39 is 24.0 Å². The molecule has 1 atom stereocenters. The number of amides is 2. The molecule has 0 spiro atoms. The van der Waals surface area contributed by atoms with E-state index in [-0.39, 0.29) is 17.5 Å². The Morgan fingerprint density at radius 1 is 1.17 bits per heavy atom. The zero-order valence-electron chi connectivity index (χ0n) is 15.7. The molecule has 1 aromatic carbocycles. The van der Waals surface area contributed by atoms with Crippen molar-refractivity contribution < 1.29 is 27.5 Å². The van der Waals surface area contributed by atoms with Gasteiger partial charge in [-0.2, -0.15) is 13.2 Å². The fourth-order valence-electron chi connectivity index (χ4n) is 3.50. The van der Waals surface area contributed by atoms with Gasteiger partial charge in [0.1, 0.15) is 5.75 Å². The summed E-state index contributed by atoms with van der Waals surface area (Å²) in [6.07, 6.45) is -1.72. The number of carbonyl (C=O) groups is 2. The van der Waals surface area contributed by atoms with Gasteiger partial charge in [-0.1, -0.05) is 31.0 Å². The zero-order chi connectivity index (χ0) is 21.0. The number of para-hydroxylation sites is 2. The number of hydrogen-bond donors (Lipinski definition) is 1. The van der Waals surface area contributed by atoms with Gasteiger partial charge in [0, 0.05) is 10.9 Å². The summed E-state index contributed by atoms with van der Waals surface area (Å²) >= 11 is 1.12. The third-order valence-electron chi connectivity index (χ3n) is 4.83. The van der Waals surface area contributed by atoms with E-state index >= 15 is 0 Å². The minimum Gasteiger partial charge on any atom is -0.495 e. The Morgan fingerprint density at radius 2 is 1.86 bits per heavy atom. The maximum Gasteiger partial charge on any atom is 0.471 e. The van der Waals surface area contributed by atoms with Gasteiger partial charge in [-0.25, -0.2) is 0 Å². The third-order valence-corrected chi connectivity index (χ3v) is 5.75. The molecule has 3 rings (SSSR count). The van der Waals surface area contributed by atoms with Crippen LogP contribution in [0.25, 0.3) is 0 Å². The molecule has 5 nitrogen and oxygen atoms in total. The normalized spacial score (nSPS) is 15.7. The molecule has 0 bridgehead atoms. The van der Waals surface area contributed by atoms with Gasteiger partial charge in [0.05, 0.1) is 12.8 Å². The molecule has 9 heteroatoms. The molecule has 2 amide bonds. The van der Waals surface area contributed by atoms with Crippen LogP contribution < -0.4 is 15.0 Å². The van der Waals surface area contributed by atoms with Crippen LogP contribution in [0.5, 0.6) is 5.75 Å². The van der Waals surface area contributed by atoms with Crippen LogP contribution in [0, 0.1) is 0 Å². The van der Waals surface area contributed by atoms with Crippen LogP contribution >= 0.6 is 11.3 Å². The molecule has 1 saturated carbocycles. The number of thiophene rings is 1. The lowest BCUT2D eigenvalue weighted by Gasteiger charge is -2.32. The number of halogens is 3. The highest BCUT2D eigenvalue weighted by Gasteiger charge is 2.48. The van der Waals surface area contributed by atoms with E-state index in [4.69, 9.17) is 4.74 Å². The average Bonchev–Trinajstić information content (AvgIpc) is 3.38. The Labute approximate surface area is 170 Å². The summed E-state index contributed by atoms with van der Waals surface area (Å²) in [5.74, 6) is -2.69. The number of hydrogen-bond acceptors (Lipinski definition) is 4. The second-order valence-electron chi connectivity index (χ2n) is 6.75. The van der Waals surface area contributed by atoms with Crippen molar-refractivity contribution in [2.75, 3.05) is 12.0 Å². The van der Waals surface area contributed by atoms with Crippen molar-refractivity contribution >= 4 is 28.8 Å². The zero-order valence-corrected chi connectivity index (χ0v) is 16.6. The first kappa shape index (κ1) is 21.2. The van der Waals surface area contributed by atoms with Crippen molar-refractivity contribution in [1.29, 1.82) is 0 Å². The first-order valence-electron chi connectivity index (χ1n) is 9.20. The van der Waals surface area contributed by atoms with E-state index in [1.54, 1.807) is 23.6 Å². The maximum absolute atomic E-state index is 13.5. The Balaban J connectivity index is 2.09. The molecule has 1 aliphatic rings. The predicted octanol–water partition coefficient (Wildman–Crippen LogP) is 4.45. The van der Waals surface area contributed by atoms with Crippen LogP contribution in [0.4, 0.5) is 18.9 Å². The standard InChI is InChI=1S/C20H21F3N2O3S/c1-28-15-10-5-4-9-14(15)25(19(27)20(21,22)23)17(16-11-6-12-29-16)18(26)24-13-7-2-3-8-13/h4-6,9-13,17H,2-3,7-8H2,1H3,(H,24,26). The van der Waals surface area contributed by atoms with Gasteiger partial charge in [0.2, 0.25) is 5.91 Å². The van der Waals surface area contributed by atoms with Gasteiger partial charge < -0.3 is 10.1 Å². The minimum absolute atomic E-state index is 0.0697. The van der Waals surface area contributed by atoms with Gasteiger partial charge in [0.15, 0.2) is 6.04 Å². The molecule has 1 aromatic heterocycles. The van der Waals surface area contributed by atoms with Crippen LogP contribution in [0.3, 0.4) is 0 Å². The smallest absolute Gasteiger partial charge is 0.471 e. The highest BCUT2D eigenvalue weighted by atomic mass is 32.1. The third kappa shape index (κ3) is 4.72. The van der Waals surface area contributed by atoms with Gasteiger partial charge in [-0.3, -0.25) is 14.5 Å². The summed E-state index contributed by atoms with van der Waals surface area (Å²) in [5, 5.41) is 4.48. The minimum atomic E-state index is -5.16. The summed E-state index contributed by atoms with van der Waals surface area (Å²) in [6.45, 7) is 0. The second kappa shape index (κ2) is 8.86. The monoisotopic (exact) mass is 426 g/mol. The highest BCUT2D eigenvalue weighted by molar-refractivity contribution is 7.10. The van der Waals surface area contributed by atoms with E-state index in [1.807, 2.05) is 0 Å². The van der Waals surface area contributed by atoms with Crippen molar-refractivity contribution in [2.45, 2.75) is 43.9 Å². The predicted molar refractivity (Wildman–Crippen MR) is 104 cm³/mol. The van der Waals surface area contributed by atoms with Crippen LogP contribution in [0.15, 0.2) is 41.8 Å². The van der Waals surface area contributed by atoms with Crippen molar-refractivity contribution in [3.63, 3.8) is 0 Å². The second-order valence-corrected chi connectivity index (χ2v) is 7.73. The summed E-state index contributed by atoms with van der Waals surface area (Å²) < 4.78 is 45.8. The Bertz CT molecular complexity index is 849. The molecule has 1 heterocycles. The van der Waals surface area contributed by atoms with Gasteiger partial charge in [0.25, 0.3) is 0 Å². The van der Waals surface area contributed by atoms with Crippen LogP contribution in [-0.4, -0.2) is 31.1 Å². The van der Waals surface area contributed by atoms with Crippen molar-refractivity contribution in [1.82, 2.24) is 5.32 Å². The lowest BCUT2D eigenvalue weighted by Crippen LogP contribution is -2.50. The number of nitrogens with one attached hydrogen (secondary N) is 1. The fraction of sp³-hybridized carbons (Fsp3) is 0.400. The Hall–Kier alpha value is -2.55. The molecule has 1 aliphatic carbocycles. The molecule has 0 aliphatic heterocycles. The number of rotatable bonds is 6. The molecule has 156 valence electrons. The number of carbonyl (C=O) groups excluding carboxylic acids is 2. The number of ether oxygens (including phenoxy) is 1. The van der Waals surface area contributed by atoms with Crippen LogP contribution in [0.2, 0.25) is 0 Å². The molecule has 0 radical (unpaired) electrons. The Kier molecular flexibility index (Phi) is 6.46. The van der Waals surface area contributed by atoms with E-state index in [0.717, 1.165) is 37.0 Å². The lowest BCUT2D eigenvalue weighted by atomic mass is 10.1. The summed E-state index contributed by atoms with van der Waals surface area (Å²) in [7, 11) is 1.30. The topological polar surface area (TPSA) is 58.6 Å². The van der Waals surface area contributed by atoms with Gasteiger partial charge in [-0.05, 0) is 36.4 Å². The lowest BCUT2D eigenvalue weighted by molar-refractivity contribution is -0.171. The Morgan fingerprint density at radius 3 is 2.45 bits per heavy atom. The molecule has 2 aromatic rings.